The molecule has 3 heterocycles. The van der Waals surface area contributed by atoms with Crippen molar-refractivity contribution in [3.05, 3.63) is 16.7 Å². The van der Waals surface area contributed by atoms with E-state index in [-0.39, 0.29) is 54.9 Å². The first-order valence-electron chi connectivity index (χ1n) is 9.57. The first-order valence-corrected chi connectivity index (χ1v) is 14.1. The van der Waals surface area contributed by atoms with Crippen molar-refractivity contribution in [3.8, 4) is 0 Å². The lowest BCUT2D eigenvalue weighted by Gasteiger charge is -2.22. The van der Waals surface area contributed by atoms with E-state index in [1.54, 1.807) is 0 Å². The second kappa shape index (κ2) is 15.5. The number of phosphoric ester groups is 1. The molecule has 0 bridgehead atoms. The number of nitrogen functional groups attached to an aromatic ring is 1. The van der Waals surface area contributed by atoms with E-state index in [2.05, 4.69) is 28.1 Å². The van der Waals surface area contributed by atoms with Gasteiger partial charge in [-0.2, -0.15) is 13.6 Å². The van der Waals surface area contributed by atoms with Crippen LogP contribution in [0, 0.1) is 0 Å². The van der Waals surface area contributed by atoms with Crippen molar-refractivity contribution >= 4 is 40.6 Å². The first-order chi connectivity index (χ1) is 16.6. The molecule has 1 aliphatic heterocycles. The molecule has 24 nitrogen and oxygen atoms in total. The van der Waals surface area contributed by atoms with Gasteiger partial charge in [0.15, 0.2) is 17.4 Å². The highest BCUT2D eigenvalue weighted by Crippen LogP contribution is 2.66. The topological polar surface area (TPSA) is 437 Å². The third-order valence-corrected chi connectivity index (χ3v) is 8.26. The molecule has 2 aromatic heterocycles. The van der Waals surface area contributed by atoms with Gasteiger partial charge in [0.05, 0.1) is 26.1 Å². The van der Waals surface area contributed by atoms with Gasteiger partial charge in [-0.25, -0.2) is 18.7 Å². The number of aliphatic hydroxyl groups is 1. The molecule has 2 aromatic rings. The molecule has 0 amide bonds. The molecule has 0 radical (unpaired) electrons. The highest BCUT2D eigenvalue weighted by atomic mass is 31.3. The smallest absolute Gasteiger partial charge is 0.387 e. The molecule has 1 fully saturated rings. The fraction of sp³-hybridized carbons (Fsp3) is 0.615. The number of nitrogens with zero attached hydrogens (tertiary/aromatic N) is 3. The maximum Gasteiger partial charge on any atom is 0.490 e. The van der Waals surface area contributed by atoms with Crippen LogP contribution in [0.4, 0.5) is 5.95 Å². The number of fused-ring (bicyclic) bond motifs is 1. The van der Waals surface area contributed by atoms with Crippen LogP contribution in [-0.2, 0) is 41.1 Å². The Kier molecular flexibility index (Phi) is 15.6. The summed E-state index contributed by atoms with van der Waals surface area (Å²) in [5.41, 5.74) is 4.77. The van der Waals surface area contributed by atoms with Crippen molar-refractivity contribution in [1.29, 1.82) is 0 Å². The number of imidazole rings is 1. The van der Waals surface area contributed by atoms with Crippen LogP contribution in [0.25, 0.3) is 11.2 Å². The summed E-state index contributed by atoms with van der Waals surface area (Å²) in [6.45, 7) is -0.880. The lowest BCUT2D eigenvalue weighted by molar-refractivity contribution is -0.0784. The SMILES string of the molecule is COCCO[C@@H]1[C@H](O)[C@@H](COP(=O)(O)OP(=O)(O)OP(=O)(O)O)O[C@H]1n1cnc2c(=O)[nH]c(N)nc21.N.N.N.N. The van der Waals surface area contributed by atoms with E-state index in [0.717, 1.165) is 6.33 Å². The molecule has 6 atom stereocenters. The Morgan fingerprint density at radius 1 is 1.07 bits per heavy atom. The van der Waals surface area contributed by atoms with Crippen LogP contribution in [0.2, 0.25) is 0 Å². The predicted molar refractivity (Wildman–Crippen MR) is 134 cm³/mol. The minimum absolute atomic E-state index is 0. The van der Waals surface area contributed by atoms with Crippen molar-refractivity contribution in [2.75, 3.05) is 32.7 Å². The largest absolute Gasteiger partial charge is 0.490 e. The van der Waals surface area contributed by atoms with Crippen LogP contribution in [0.3, 0.4) is 0 Å². The predicted octanol–water partition coefficient (Wildman–Crippen LogP) is -1.02. The van der Waals surface area contributed by atoms with Crippen LogP contribution in [-0.4, -0.2) is 89.4 Å². The van der Waals surface area contributed by atoms with Gasteiger partial charge in [0, 0.05) is 7.11 Å². The van der Waals surface area contributed by atoms with Gasteiger partial charge in [0.2, 0.25) is 5.95 Å². The summed E-state index contributed by atoms with van der Waals surface area (Å²) >= 11 is 0. The van der Waals surface area contributed by atoms with Gasteiger partial charge < -0.3 is 69.2 Å². The Morgan fingerprint density at radius 3 is 2.27 bits per heavy atom. The molecule has 0 aromatic carbocycles. The standard InChI is InChI=1S/C13H22N5O15P3.4H3N/c1-28-2-3-29-9-8(19)6(4-30-35(24,25)33-36(26,27)32-34(21,22)23)31-12(9)18-5-15-7-10(18)16-13(14)17-11(7)20;;;;/h5-6,8-9,12,19H,2-4H2,1H3,(H,24,25)(H,26,27)(H2,21,22,23)(H3,14,16,17,20);4*1H3/t6-,8-,9-,12-;;;;/m1..../s1. The molecule has 0 spiro atoms. The van der Waals surface area contributed by atoms with E-state index in [9.17, 15) is 33.4 Å². The Hall–Kier alpha value is -1.76. The highest BCUT2D eigenvalue weighted by Gasteiger charge is 2.48. The van der Waals surface area contributed by atoms with Crippen molar-refractivity contribution < 1.29 is 65.7 Å². The van der Waals surface area contributed by atoms with E-state index in [1.807, 2.05) is 0 Å². The number of H-pyrrole nitrogens is 1. The number of ether oxygens (including phenoxy) is 3. The molecule has 0 saturated carbocycles. The average molecular weight is 649 g/mol. The number of methoxy groups -OCH3 is 1. The Balaban J connectivity index is 0. The molecule has 1 saturated heterocycles. The third-order valence-electron chi connectivity index (χ3n) is 4.45. The van der Waals surface area contributed by atoms with E-state index in [1.165, 1.54) is 11.7 Å². The number of aromatic amines is 1. The minimum atomic E-state index is -5.74. The average Bonchev–Trinajstić information content (AvgIpc) is 3.25. The molecule has 27 heteroatoms. The van der Waals surface area contributed by atoms with Crippen LogP contribution in [0.5, 0.6) is 0 Å². The number of hydrogen-bond acceptors (Lipinski definition) is 18. The molecule has 236 valence electrons. The molecule has 3 rings (SSSR count). The molecule has 2 unspecified atom stereocenters. The molecule has 20 N–H and O–H groups in total. The summed E-state index contributed by atoms with van der Waals surface area (Å²) in [6, 6.07) is 0. The number of aliphatic hydroxyl groups excluding tert-OH is 1. The summed E-state index contributed by atoms with van der Waals surface area (Å²) in [7, 11) is -15.4. The fourth-order valence-electron chi connectivity index (χ4n) is 3.13. The summed E-state index contributed by atoms with van der Waals surface area (Å²) < 4.78 is 63.4. The number of hydrogen-bond donors (Lipinski definition) is 11. The van der Waals surface area contributed by atoms with Crippen LogP contribution >= 0.6 is 23.5 Å². The zero-order valence-electron chi connectivity index (χ0n) is 20.9. The summed E-state index contributed by atoms with van der Waals surface area (Å²) in [5.74, 6) is -0.242. The second-order valence-corrected chi connectivity index (χ2v) is 11.5. The van der Waals surface area contributed by atoms with Gasteiger partial charge in [-0.3, -0.25) is 18.9 Å². The number of anilines is 1. The van der Waals surface area contributed by atoms with Gasteiger partial charge in [0.1, 0.15) is 18.3 Å². The van der Waals surface area contributed by atoms with Crippen molar-refractivity contribution in [3.63, 3.8) is 0 Å². The van der Waals surface area contributed by atoms with Gasteiger partial charge >= 0.3 is 23.5 Å². The van der Waals surface area contributed by atoms with E-state index >= 15 is 0 Å². The molecule has 1 aliphatic rings. The second-order valence-electron chi connectivity index (χ2n) is 7.05. The highest BCUT2D eigenvalue weighted by molar-refractivity contribution is 7.66. The lowest BCUT2D eigenvalue weighted by Crippen LogP contribution is -2.36. The summed E-state index contributed by atoms with van der Waals surface area (Å²) in [6.07, 6.45) is -4.28. The lowest BCUT2D eigenvalue weighted by atomic mass is 10.1. The Labute approximate surface area is 224 Å². The molecular weight excluding hydrogens is 615 g/mol. The van der Waals surface area contributed by atoms with Gasteiger partial charge in [-0.05, 0) is 0 Å². The molecule has 40 heavy (non-hydrogen) atoms. The van der Waals surface area contributed by atoms with Crippen LogP contribution in [0.1, 0.15) is 6.23 Å². The first kappa shape index (κ1) is 40.4. The third kappa shape index (κ3) is 10.3. The monoisotopic (exact) mass is 649 g/mol. The minimum Gasteiger partial charge on any atom is -0.387 e. The molecular formula is C13H34N9O15P3. The number of aromatic nitrogens is 4. The van der Waals surface area contributed by atoms with E-state index in [4.69, 9.17) is 29.7 Å². The normalized spacial score (nSPS) is 23.6. The van der Waals surface area contributed by atoms with E-state index < -0.39 is 60.2 Å². The van der Waals surface area contributed by atoms with Crippen molar-refractivity contribution in [1.82, 2.24) is 44.1 Å². The maximum atomic E-state index is 12.1. The van der Waals surface area contributed by atoms with Crippen LogP contribution < -0.4 is 35.9 Å². The number of nitrogens with two attached hydrogens (primary N) is 1. The zero-order valence-corrected chi connectivity index (χ0v) is 23.6. The van der Waals surface area contributed by atoms with Gasteiger partial charge in [-0.15, -0.1) is 0 Å². The Morgan fingerprint density at radius 2 is 1.70 bits per heavy atom. The van der Waals surface area contributed by atoms with Crippen molar-refractivity contribution in [2.24, 2.45) is 0 Å². The maximum absolute atomic E-state index is 12.1. The quantitative estimate of drug-likeness (QED) is 0.0967. The van der Waals surface area contributed by atoms with Gasteiger partial charge in [0.25, 0.3) is 5.56 Å². The number of rotatable bonds is 12. The summed E-state index contributed by atoms with van der Waals surface area (Å²) in [4.78, 5) is 58.3. The van der Waals surface area contributed by atoms with Crippen LogP contribution in [0.15, 0.2) is 11.1 Å². The molecule has 0 aliphatic carbocycles. The van der Waals surface area contributed by atoms with Crippen molar-refractivity contribution in [2.45, 2.75) is 24.5 Å². The zero-order chi connectivity index (χ0) is 26.9. The summed E-state index contributed by atoms with van der Waals surface area (Å²) in [5, 5.41) is 10.7. The van der Waals surface area contributed by atoms with E-state index in [0.29, 0.717) is 0 Å². The number of nitrogens with one attached hydrogen (secondary N) is 1. The van der Waals surface area contributed by atoms with Gasteiger partial charge in [-0.1, -0.05) is 0 Å². The number of phosphoric acid groups is 3. The fourth-order valence-corrected chi connectivity index (χ4v) is 6.16. The Bertz CT molecular complexity index is 1290.